The second-order valence-electron chi connectivity index (χ2n) is 9.11. The van der Waals surface area contributed by atoms with Gasteiger partial charge < -0.3 is 9.47 Å². The van der Waals surface area contributed by atoms with Gasteiger partial charge in [0.25, 0.3) is 0 Å². The van der Waals surface area contributed by atoms with Crippen LogP contribution < -0.4 is 0 Å². The van der Waals surface area contributed by atoms with Crippen LogP contribution in [0.25, 0.3) is 0 Å². The van der Waals surface area contributed by atoms with E-state index in [1.54, 1.807) is 0 Å². The molecule has 25 heavy (non-hydrogen) atoms. The van der Waals surface area contributed by atoms with Crippen LogP contribution in [0.2, 0.25) is 0 Å². The molecular weight excluding hydrogens is 312 g/mol. The van der Waals surface area contributed by atoms with Gasteiger partial charge in [-0.15, -0.1) is 0 Å². The lowest BCUT2D eigenvalue weighted by Crippen LogP contribution is -2.49. The number of carbonyl (C=O) groups excluding carboxylic acids is 1. The lowest BCUT2D eigenvalue weighted by Gasteiger charge is -2.58. The first-order valence-corrected chi connectivity index (χ1v) is 9.97. The summed E-state index contributed by atoms with van der Waals surface area (Å²) in [6, 6.07) is 0. The van der Waals surface area contributed by atoms with Crippen molar-refractivity contribution in [2.45, 2.75) is 78.9 Å². The summed E-state index contributed by atoms with van der Waals surface area (Å²) >= 11 is 0. The van der Waals surface area contributed by atoms with E-state index in [1.165, 1.54) is 31.3 Å². The molecular formula is C22H34O3. The number of rotatable bonds is 4. The molecule has 0 N–H and O–H groups in total. The molecule has 4 atom stereocenters. The molecule has 1 heterocycles. The third-order valence-corrected chi connectivity index (χ3v) is 7.16. The largest absolute Gasteiger partial charge is 0.432 e. The average molecular weight is 347 g/mol. The van der Waals surface area contributed by atoms with Crippen LogP contribution in [0.15, 0.2) is 23.8 Å². The Bertz CT molecular complexity index is 574. The fourth-order valence-corrected chi connectivity index (χ4v) is 5.91. The third kappa shape index (κ3) is 3.45. The second kappa shape index (κ2) is 6.90. The lowest BCUT2D eigenvalue weighted by atomic mass is 9.47. The van der Waals surface area contributed by atoms with Crippen LogP contribution in [0.3, 0.4) is 0 Å². The molecule has 0 aromatic carbocycles. The van der Waals surface area contributed by atoms with Crippen molar-refractivity contribution in [3.05, 3.63) is 23.8 Å². The summed E-state index contributed by atoms with van der Waals surface area (Å²) in [6.45, 7) is 14.3. The molecule has 2 aliphatic carbocycles. The predicted molar refractivity (Wildman–Crippen MR) is 99.9 cm³/mol. The van der Waals surface area contributed by atoms with Crippen LogP contribution in [0, 0.1) is 22.7 Å². The minimum atomic E-state index is -0.393. The number of hydrogen-bond donors (Lipinski definition) is 0. The van der Waals surface area contributed by atoms with Crippen molar-refractivity contribution in [1.82, 2.24) is 0 Å². The van der Waals surface area contributed by atoms with Crippen LogP contribution in [0.5, 0.6) is 0 Å². The van der Waals surface area contributed by atoms with Crippen molar-refractivity contribution in [2.24, 2.45) is 22.7 Å². The summed E-state index contributed by atoms with van der Waals surface area (Å²) in [5, 5.41) is 0. The molecule has 3 unspecified atom stereocenters. The predicted octanol–water partition coefficient (Wildman–Crippen LogP) is 5.41. The van der Waals surface area contributed by atoms with E-state index < -0.39 is 6.29 Å². The maximum absolute atomic E-state index is 12.1. The molecule has 0 spiro atoms. The topological polar surface area (TPSA) is 35.5 Å². The summed E-state index contributed by atoms with van der Waals surface area (Å²) in [5.41, 5.74) is 2.87. The van der Waals surface area contributed by atoms with E-state index in [2.05, 4.69) is 33.4 Å². The monoisotopic (exact) mass is 346 g/mol. The zero-order valence-corrected chi connectivity index (χ0v) is 16.4. The van der Waals surface area contributed by atoms with Crippen molar-refractivity contribution in [3.8, 4) is 0 Å². The van der Waals surface area contributed by atoms with Gasteiger partial charge in [0, 0.05) is 18.6 Å². The van der Waals surface area contributed by atoms with Crippen molar-refractivity contribution in [2.75, 3.05) is 6.61 Å². The SMILES string of the molecule is C=C1CCC2C(C)(C)CCC[C@]2(C)C1CC=C1CC(OCC)OC1=O. The van der Waals surface area contributed by atoms with E-state index in [-0.39, 0.29) is 5.97 Å². The molecule has 1 saturated heterocycles. The third-order valence-electron chi connectivity index (χ3n) is 7.16. The van der Waals surface area contributed by atoms with Crippen LogP contribution >= 0.6 is 0 Å². The molecule has 140 valence electrons. The van der Waals surface area contributed by atoms with Crippen LogP contribution in [-0.4, -0.2) is 18.9 Å². The van der Waals surface area contributed by atoms with Crippen molar-refractivity contribution in [1.29, 1.82) is 0 Å². The normalized spacial score (nSPS) is 39.4. The Morgan fingerprint density at radius 2 is 2.08 bits per heavy atom. The Kier molecular flexibility index (Phi) is 5.16. The van der Waals surface area contributed by atoms with Gasteiger partial charge in [-0.2, -0.15) is 0 Å². The molecule has 0 aromatic heterocycles. The number of hydrogen-bond acceptors (Lipinski definition) is 3. The Labute approximate surface area is 152 Å². The molecule has 3 rings (SSSR count). The summed E-state index contributed by atoms with van der Waals surface area (Å²) in [5.74, 6) is 1.01. The Hall–Kier alpha value is -1.09. The number of cyclic esters (lactones) is 1. The molecule has 0 amide bonds. The first-order valence-electron chi connectivity index (χ1n) is 9.97. The van der Waals surface area contributed by atoms with Gasteiger partial charge in [0.2, 0.25) is 6.29 Å². The summed E-state index contributed by atoms with van der Waals surface area (Å²) < 4.78 is 10.7. The van der Waals surface area contributed by atoms with E-state index in [0.717, 1.165) is 24.3 Å². The number of allylic oxidation sites excluding steroid dienone is 2. The maximum Gasteiger partial charge on any atom is 0.336 e. The van der Waals surface area contributed by atoms with Gasteiger partial charge in [0.1, 0.15) is 0 Å². The smallest absolute Gasteiger partial charge is 0.336 e. The highest BCUT2D eigenvalue weighted by atomic mass is 16.7. The van der Waals surface area contributed by atoms with Gasteiger partial charge in [-0.3, -0.25) is 0 Å². The number of esters is 1. The number of fused-ring (bicyclic) bond motifs is 1. The van der Waals surface area contributed by atoms with E-state index >= 15 is 0 Å². The summed E-state index contributed by atoms with van der Waals surface area (Å²) in [6.07, 6.45) is 9.52. The van der Waals surface area contributed by atoms with Crippen molar-refractivity contribution >= 4 is 5.97 Å². The molecule has 3 fully saturated rings. The molecule has 0 bridgehead atoms. The van der Waals surface area contributed by atoms with Gasteiger partial charge in [0.05, 0.1) is 0 Å². The highest BCUT2D eigenvalue weighted by Gasteiger charge is 2.52. The minimum absolute atomic E-state index is 0.203. The zero-order valence-electron chi connectivity index (χ0n) is 16.4. The second-order valence-corrected chi connectivity index (χ2v) is 9.11. The molecule has 3 heteroatoms. The van der Waals surface area contributed by atoms with Crippen molar-refractivity contribution in [3.63, 3.8) is 0 Å². The van der Waals surface area contributed by atoms with Crippen LogP contribution in [-0.2, 0) is 14.3 Å². The van der Waals surface area contributed by atoms with Crippen LogP contribution in [0.1, 0.15) is 72.6 Å². The molecule has 0 aromatic rings. The van der Waals surface area contributed by atoms with E-state index in [4.69, 9.17) is 9.47 Å². The molecule has 3 aliphatic rings. The van der Waals surface area contributed by atoms with E-state index in [9.17, 15) is 4.79 Å². The van der Waals surface area contributed by atoms with Gasteiger partial charge in [-0.25, -0.2) is 4.79 Å². The minimum Gasteiger partial charge on any atom is -0.432 e. The maximum atomic E-state index is 12.1. The highest BCUT2D eigenvalue weighted by Crippen LogP contribution is 2.61. The summed E-state index contributed by atoms with van der Waals surface area (Å²) in [4.78, 5) is 12.1. The van der Waals surface area contributed by atoms with Gasteiger partial charge in [0.15, 0.2) is 0 Å². The lowest BCUT2D eigenvalue weighted by molar-refractivity contribution is -0.160. The first-order chi connectivity index (χ1) is 11.8. The van der Waals surface area contributed by atoms with Gasteiger partial charge >= 0.3 is 5.97 Å². The number of ether oxygens (including phenoxy) is 2. The standard InChI is InChI=1S/C22H34O3/c1-6-24-19-14-16(20(23)25-19)9-10-17-15(2)8-11-18-21(3,4)12-7-13-22(17,18)5/h9,17-19H,2,6-8,10-14H2,1,3-5H3/t17?,18?,19?,22-/m1/s1. The zero-order chi connectivity index (χ0) is 18.2. The number of carbonyl (C=O) groups is 1. The Morgan fingerprint density at radius 3 is 2.80 bits per heavy atom. The van der Waals surface area contributed by atoms with Crippen molar-refractivity contribution < 1.29 is 14.3 Å². The van der Waals surface area contributed by atoms with E-state index in [1.807, 2.05) is 6.92 Å². The molecule has 3 nitrogen and oxygen atoms in total. The Morgan fingerprint density at radius 1 is 1.32 bits per heavy atom. The Balaban J connectivity index is 1.77. The quantitative estimate of drug-likeness (QED) is 0.388. The first kappa shape index (κ1) is 18.7. The molecule has 0 radical (unpaired) electrons. The highest BCUT2D eigenvalue weighted by molar-refractivity contribution is 5.90. The van der Waals surface area contributed by atoms with Crippen LogP contribution in [0.4, 0.5) is 0 Å². The fraction of sp³-hybridized carbons (Fsp3) is 0.773. The van der Waals surface area contributed by atoms with E-state index in [0.29, 0.717) is 29.8 Å². The van der Waals surface area contributed by atoms with Gasteiger partial charge in [-0.1, -0.05) is 45.4 Å². The van der Waals surface area contributed by atoms with Gasteiger partial charge in [-0.05, 0) is 61.7 Å². The average Bonchev–Trinajstić information content (AvgIpc) is 2.86. The fourth-order valence-electron chi connectivity index (χ4n) is 5.91. The molecule has 1 aliphatic heterocycles. The molecule has 2 saturated carbocycles. The summed E-state index contributed by atoms with van der Waals surface area (Å²) in [7, 11) is 0.